The average Bonchev–Trinajstić information content (AvgIpc) is 2.21. The Morgan fingerprint density at radius 3 is 2.93 bits per heavy atom. The van der Waals surface area contributed by atoms with Crippen molar-refractivity contribution in [3.63, 3.8) is 0 Å². The number of anilines is 1. The first kappa shape index (κ1) is 12.5. The Morgan fingerprint density at radius 1 is 1.67 bits per heavy atom. The first-order valence-corrected chi connectivity index (χ1v) is 6.08. The predicted molar refractivity (Wildman–Crippen MR) is 70.3 cm³/mol. The Balaban J connectivity index is 2.87. The molecule has 1 unspecified atom stereocenters. The molecule has 0 radical (unpaired) electrons. The minimum atomic E-state index is -0.0726. The van der Waals surface area contributed by atoms with E-state index in [0.717, 1.165) is 18.8 Å². The second kappa shape index (κ2) is 5.48. The van der Waals surface area contributed by atoms with Gasteiger partial charge >= 0.3 is 0 Å². The summed E-state index contributed by atoms with van der Waals surface area (Å²) >= 11 is 2.03. The number of hydrogen-bond acceptors (Lipinski definition) is 3. The van der Waals surface area contributed by atoms with Crippen molar-refractivity contribution in [3.8, 4) is 0 Å². The van der Waals surface area contributed by atoms with Crippen LogP contribution in [0.1, 0.15) is 20.3 Å². The summed E-state index contributed by atoms with van der Waals surface area (Å²) < 4.78 is 0.654. The molecule has 4 nitrogen and oxygen atoms in total. The maximum atomic E-state index is 11.4. The van der Waals surface area contributed by atoms with E-state index in [-0.39, 0.29) is 5.56 Å². The van der Waals surface area contributed by atoms with Crippen LogP contribution in [-0.4, -0.2) is 23.6 Å². The van der Waals surface area contributed by atoms with E-state index in [1.54, 1.807) is 0 Å². The van der Waals surface area contributed by atoms with Gasteiger partial charge in [0.15, 0.2) is 0 Å². The smallest absolute Gasteiger partial charge is 0.266 e. The van der Waals surface area contributed by atoms with E-state index in [9.17, 15) is 4.79 Å². The van der Waals surface area contributed by atoms with Crippen LogP contribution >= 0.6 is 22.6 Å². The molecule has 0 bridgehead atoms. The number of H-pyrrole nitrogens is 1. The lowest BCUT2D eigenvalue weighted by atomic mass is 10.1. The van der Waals surface area contributed by atoms with Crippen molar-refractivity contribution in [1.82, 2.24) is 9.97 Å². The Morgan fingerprint density at radius 2 is 2.33 bits per heavy atom. The van der Waals surface area contributed by atoms with Crippen LogP contribution in [0.15, 0.2) is 11.1 Å². The molecule has 1 atom stereocenters. The minimum Gasteiger partial charge on any atom is -0.358 e. The number of nitrogens with zero attached hydrogens (tertiary/aromatic N) is 2. The molecule has 0 aliphatic rings. The molecule has 0 saturated heterocycles. The van der Waals surface area contributed by atoms with Gasteiger partial charge in [-0.05, 0) is 28.5 Å². The van der Waals surface area contributed by atoms with Gasteiger partial charge in [-0.25, -0.2) is 4.98 Å². The zero-order valence-corrected chi connectivity index (χ0v) is 11.4. The molecular weight excluding hydrogens is 305 g/mol. The van der Waals surface area contributed by atoms with Gasteiger partial charge < -0.3 is 9.88 Å². The number of hydrogen-bond donors (Lipinski definition) is 1. The summed E-state index contributed by atoms with van der Waals surface area (Å²) in [5.74, 6) is 1.37. The molecule has 1 rings (SSSR count). The second-order valence-corrected chi connectivity index (χ2v) is 4.84. The summed E-state index contributed by atoms with van der Waals surface area (Å²) in [6.45, 7) is 5.27. The molecule has 1 N–H and O–H groups in total. The molecule has 0 amide bonds. The summed E-state index contributed by atoms with van der Waals surface area (Å²) in [7, 11) is 1.97. The third-order valence-electron chi connectivity index (χ3n) is 2.42. The quantitative estimate of drug-likeness (QED) is 0.861. The van der Waals surface area contributed by atoms with Gasteiger partial charge in [-0.2, -0.15) is 0 Å². The van der Waals surface area contributed by atoms with Gasteiger partial charge in [0.2, 0.25) is 0 Å². The Labute approximate surface area is 103 Å². The Bertz CT molecular complexity index is 377. The van der Waals surface area contributed by atoms with Crippen LogP contribution in [0.2, 0.25) is 0 Å². The van der Waals surface area contributed by atoms with Crippen LogP contribution < -0.4 is 10.5 Å². The highest BCUT2D eigenvalue weighted by Crippen LogP contribution is 2.15. The van der Waals surface area contributed by atoms with Crippen molar-refractivity contribution >= 4 is 28.4 Å². The van der Waals surface area contributed by atoms with Crippen LogP contribution in [0.3, 0.4) is 0 Å². The van der Waals surface area contributed by atoms with Crippen LogP contribution in [0.25, 0.3) is 0 Å². The first-order chi connectivity index (χ1) is 7.06. The normalized spacial score (nSPS) is 12.5. The summed E-state index contributed by atoms with van der Waals surface area (Å²) in [6.07, 6.45) is 2.58. The lowest BCUT2D eigenvalue weighted by molar-refractivity contribution is 0.557. The van der Waals surface area contributed by atoms with Crippen molar-refractivity contribution < 1.29 is 0 Å². The molecule has 15 heavy (non-hydrogen) atoms. The molecular formula is C10H16IN3O. The van der Waals surface area contributed by atoms with Crippen LogP contribution in [0, 0.1) is 9.49 Å². The van der Waals surface area contributed by atoms with Crippen molar-refractivity contribution in [2.75, 3.05) is 18.5 Å². The van der Waals surface area contributed by atoms with Crippen LogP contribution in [0.4, 0.5) is 5.82 Å². The fourth-order valence-corrected chi connectivity index (χ4v) is 2.03. The topological polar surface area (TPSA) is 49.0 Å². The first-order valence-electron chi connectivity index (χ1n) is 5.00. The van der Waals surface area contributed by atoms with E-state index < -0.39 is 0 Å². The number of rotatable bonds is 4. The van der Waals surface area contributed by atoms with Gasteiger partial charge in [-0.3, -0.25) is 4.79 Å². The van der Waals surface area contributed by atoms with Gasteiger partial charge in [0, 0.05) is 13.6 Å². The van der Waals surface area contributed by atoms with E-state index in [2.05, 4.69) is 23.8 Å². The largest absolute Gasteiger partial charge is 0.358 e. The molecule has 0 aliphatic carbocycles. The van der Waals surface area contributed by atoms with E-state index in [1.165, 1.54) is 6.33 Å². The van der Waals surface area contributed by atoms with Crippen molar-refractivity contribution in [3.05, 3.63) is 20.3 Å². The highest BCUT2D eigenvalue weighted by molar-refractivity contribution is 14.1. The third kappa shape index (κ3) is 3.19. The van der Waals surface area contributed by atoms with E-state index in [0.29, 0.717) is 9.49 Å². The molecule has 0 aromatic carbocycles. The highest BCUT2D eigenvalue weighted by Gasteiger charge is 2.11. The summed E-state index contributed by atoms with van der Waals surface area (Å²) in [4.78, 5) is 20.2. The molecule has 0 aliphatic heterocycles. The second-order valence-electron chi connectivity index (χ2n) is 3.76. The average molecular weight is 321 g/mol. The molecule has 0 saturated carbocycles. The van der Waals surface area contributed by atoms with Gasteiger partial charge in [-0.1, -0.05) is 20.3 Å². The third-order valence-corrected chi connectivity index (χ3v) is 3.39. The Hall–Kier alpha value is -0.590. The van der Waals surface area contributed by atoms with Crippen molar-refractivity contribution in [2.45, 2.75) is 20.3 Å². The fourth-order valence-electron chi connectivity index (χ4n) is 1.32. The molecule has 5 heteroatoms. The summed E-state index contributed by atoms with van der Waals surface area (Å²) in [5, 5.41) is 0. The number of aromatic amines is 1. The zero-order valence-electron chi connectivity index (χ0n) is 9.25. The molecule has 0 spiro atoms. The number of aromatic nitrogens is 2. The zero-order chi connectivity index (χ0) is 11.4. The molecule has 1 aromatic rings. The Kier molecular flexibility index (Phi) is 4.56. The number of halogens is 1. The summed E-state index contributed by atoms with van der Waals surface area (Å²) in [6, 6.07) is 0. The van der Waals surface area contributed by atoms with Crippen molar-refractivity contribution in [2.24, 2.45) is 5.92 Å². The van der Waals surface area contributed by atoms with Gasteiger partial charge in [-0.15, -0.1) is 0 Å². The predicted octanol–water partition coefficient (Wildman–Crippen LogP) is 1.86. The van der Waals surface area contributed by atoms with Crippen LogP contribution in [-0.2, 0) is 0 Å². The lowest BCUT2D eigenvalue weighted by Crippen LogP contribution is -2.27. The van der Waals surface area contributed by atoms with E-state index in [4.69, 9.17) is 0 Å². The van der Waals surface area contributed by atoms with Crippen LogP contribution in [0.5, 0.6) is 0 Å². The fraction of sp³-hybridized carbons (Fsp3) is 0.600. The molecule has 1 heterocycles. The van der Waals surface area contributed by atoms with Gasteiger partial charge in [0.1, 0.15) is 9.39 Å². The van der Waals surface area contributed by atoms with E-state index in [1.807, 2.05) is 34.5 Å². The van der Waals surface area contributed by atoms with Gasteiger partial charge in [0.25, 0.3) is 5.56 Å². The molecule has 1 aromatic heterocycles. The highest BCUT2D eigenvalue weighted by atomic mass is 127. The van der Waals surface area contributed by atoms with Gasteiger partial charge in [0.05, 0.1) is 6.33 Å². The van der Waals surface area contributed by atoms with Crippen molar-refractivity contribution in [1.29, 1.82) is 0 Å². The maximum Gasteiger partial charge on any atom is 0.266 e. The summed E-state index contributed by atoms with van der Waals surface area (Å²) in [5.41, 5.74) is -0.0726. The minimum absolute atomic E-state index is 0.0726. The monoisotopic (exact) mass is 321 g/mol. The van der Waals surface area contributed by atoms with E-state index >= 15 is 0 Å². The standard InChI is InChI=1S/C10H16IN3O/c1-4-7(2)5-14(3)9-8(11)10(15)13-6-12-9/h6-7H,4-5H2,1-3H3,(H,12,13,15). The SMILES string of the molecule is CCC(C)CN(C)c1nc[nH]c(=O)c1I. The lowest BCUT2D eigenvalue weighted by Gasteiger charge is -2.22. The molecule has 84 valence electrons. The molecule has 0 fully saturated rings. The maximum absolute atomic E-state index is 11.4. The number of nitrogens with one attached hydrogen (secondary N) is 1.